The Kier molecular flexibility index (Phi) is 6.14. The summed E-state index contributed by atoms with van der Waals surface area (Å²) in [5, 5.41) is 17.0. The average molecular weight is 457 g/mol. The second kappa shape index (κ2) is 9.19. The Morgan fingerprint density at radius 1 is 0.912 bits per heavy atom. The van der Waals surface area contributed by atoms with Crippen LogP contribution in [0.25, 0.3) is 22.0 Å². The van der Waals surface area contributed by atoms with Gasteiger partial charge in [-0.25, -0.2) is 4.79 Å². The van der Waals surface area contributed by atoms with E-state index in [1.165, 1.54) is 17.0 Å². The summed E-state index contributed by atoms with van der Waals surface area (Å²) in [6.45, 7) is 0.248. The SMILES string of the molecule is CN(C)C(=O)c1ccc(-c2ccc3c(c2)c(C(=O)NCc2ccc(C(=O)O)cc2)nn3C)cc1. The number of carboxylic acid groups (broad SMARTS) is 1. The maximum absolute atomic E-state index is 12.9. The Hall–Kier alpha value is -4.46. The molecule has 0 fully saturated rings. The number of carbonyl (C=O) groups is 3. The van der Waals surface area contributed by atoms with Gasteiger partial charge in [0.15, 0.2) is 5.69 Å². The van der Waals surface area contributed by atoms with E-state index < -0.39 is 5.97 Å². The molecule has 4 aromatic rings. The van der Waals surface area contributed by atoms with Gasteiger partial charge in [0.05, 0.1) is 11.1 Å². The molecule has 0 spiro atoms. The third-order valence-electron chi connectivity index (χ3n) is 5.59. The highest BCUT2D eigenvalue weighted by Crippen LogP contribution is 2.27. The van der Waals surface area contributed by atoms with Gasteiger partial charge in [-0.1, -0.05) is 30.3 Å². The van der Waals surface area contributed by atoms with Crippen molar-refractivity contribution in [1.29, 1.82) is 0 Å². The first kappa shape index (κ1) is 22.7. The zero-order valence-corrected chi connectivity index (χ0v) is 19.1. The van der Waals surface area contributed by atoms with Crippen molar-refractivity contribution in [3.63, 3.8) is 0 Å². The van der Waals surface area contributed by atoms with Crippen LogP contribution in [0.5, 0.6) is 0 Å². The van der Waals surface area contributed by atoms with Crippen molar-refractivity contribution in [2.75, 3.05) is 14.1 Å². The van der Waals surface area contributed by atoms with E-state index in [9.17, 15) is 14.4 Å². The summed E-state index contributed by atoms with van der Waals surface area (Å²) in [5.41, 5.74) is 4.53. The van der Waals surface area contributed by atoms with Crippen LogP contribution >= 0.6 is 0 Å². The van der Waals surface area contributed by atoms with Crippen molar-refractivity contribution in [1.82, 2.24) is 20.0 Å². The van der Waals surface area contributed by atoms with Gasteiger partial charge >= 0.3 is 5.97 Å². The molecule has 1 heterocycles. The van der Waals surface area contributed by atoms with Crippen molar-refractivity contribution < 1.29 is 19.5 Å². The van der Waals surface area contributed by atoms with Crippen molar-refractivity contribution in [2.24, 2.45) is 7.05 Å². The Labute approximate surface area is 196 Å². The quantitative estimate of drug-likeness (QED) is 0.462. The highest BCUT2D eigenvalue weighted by molar-refractivity contribution is 6.06. The van der Waals surface area contributed by atoms with Gasteiger partial charge in [-0.15, -0.1) is 0 Å². The lowest BCUT2D eigenvalue weighted by molar-refractivity contribution is 0.0696. The number of hydrogen-bond donors (Lipinski definition) is 2. The van der Waals surface area contributed by atoms with Crippen LogP contribution in [0.1, 0.15) is 36.8 Å². The molecule has 0 unspecified atom stereocenters. The van der Waals surface area contributed by atoms with Crippen LogP contribution in [-0.2, 0) is 13.6 Å². The number of benzene rings is 3. The number of nitrogens with zero attached hydrogens (tertiary/aromatic N) is 3. The van der Waals surface area contributed by atoms with Gasteiger partial charge in [-0.05, 0) is 53.1 Å². The lowest BCUT2D eigenvalue weighted by atomic mass is 10.0. The van der Waals surface area contributed by atoms with Crippen LogP contribution in [0.3, 0.4) is 0 Å². The van der Waals surface area contributed by atoms with Crippen molar-refractivity contribution >= 4 is 28.7 Å². The number of carbonyl (C=O) groups excluding carboxylic acids is 2. The van der Waals surface area contributed by atoms with E-state index in [0.29, 0.717) is 16.6 Å². The second-order valence-electron chi connectivity index (χ2n) is 8.17. The molecule has 8 nitrogen and oxygen atoms in total. The Morgan fingerprint density at radius 3 is 2.15 bits per heavy atom. The minimum Gasteiger partial charge on any atom is -0.478 e. The van der Waals surface area contributed by atoms with Crippen LogP contribution < -0.4 is 5.32 Å². The molecule has 8 heteroatoms. The Morgan fingerprint density at radius 2 is 1.53 bits per heavy atom. The standard InChI is InChI=1S/C26H24N4O4/c1-29(2)25(32)18-10-8-17(9-11-18)20-12-13-22-21(14-20)23(28-30(22)3)24(31)27-15-16-4-6-19(7-5-16)26(33)34/h4-14H,15H2,1-3H3,(H,27,31)(H,33,34). The average Bonchev–Trinajstić information content (AvgIpc) is 3.18. The number of carboxylic acids is 1. The highest BCUT2D eigenvalue weighted by Gasteiger charge is 2.17. The molecular formula is C26H24N4O4. The molecule has 0 radical (unpaired) electrons. The van der Waals surface area contributed by atoms with E-state index in [2.05, 4.69) is 10.4 Å². The van der Waals surface area contributed by atoms with E-state index in [0.717, 1.165) is 22.2 Å². The van der Waals surface area contributed by atoms with Crippen molar-refractivity contribution in [2.45, 2.75) is 6.54 Å². The van der Waals surface area contributed by atoms with E-state index in [1.807, 2.05) is 30.3 Å². The molecule has 0 aliphatic heterocycles. The molecule has 0 saturated carbocycles. The normalized spacial score (nSPS) is 10.8. The van der Waals surface area contributed by atoms with Gasteiger partial charge in [0.1, 0.15) is 0 Å². The van der Waals surface area contributed by atoms with Crippen LogP contribution in [-0.4, -0.2) is 51.7 Å². The second-order valence-corrected chi connectivity index (χ2v) is 8.17. The number of hydrogen-bond acceptors (Lipinski definition) is 4. The summed E-state index contributed by atoms with van der Waals surface area (Å²) in [6.07, 6.45) is 0. The molecule has 4 rings (SSSR count). The van der Waals surface area contributed by atoms with Gasteiger partial charge in [0.25, 0.3) is 11.8 Å². The third kappa shape index (κ3) is 4.52. The molecule has 0 atom stereocenters. The lowest BCUT2D eigenvalue weighted by Crippen LogP contribution is -2.23. The number of aryl methyl sites for hydroxylation is 1. The van der Waals surface area contributed by atoms with Crippen LogP contribution in [0.15, 0.2) is 66.7 Å². The molecule has 0 bridgehead atoms. The minimum atomic E-state index is -0.995. The number of rotatable bonds is 6. The molecule has 2 N–H and O–H groups in total. The lowest BCUT2D eigenvalue weighted by Gasteiger charge is -2.10. The van der Waals surface area contributed by atoms with E-state index in [4.69, 9.17) is 5.11 Å². The molecular weight excluding hydrogens is 432 g/mol. The first-order valence-corrected chi connectivity index (χ1v) is 10.6. The summed E-state index contributed by atoms with van der Waals surface area (Å²) in [6, 6.07) is 19.5. The minimum absolute atomic E-state index is 0.0641. The molecule has 34 heavy (non-hydrogen) atoms. The highest BCUT2D eigenvalue weighted by atomic mass is 16.4. The monoisotopic (exact) mass is 456 g/mol. The third-order valence-corrected chi connectivity index (χ3v) is 5.59. The van der Waals surface area contributed by atoms with Gasteiger partial charge in [0, 0.05) is 38.6 Å². The molecule has 172 valence electrons. The van der Waals surface area contributed by atoms with Gasteiger partial charge in [-0.2, -0.15) is 5.10 Å². The fraction of sp³-hybridized carbons (Fsp3) is 0.154. The van der Waals surface area contributed by atoms with Gasteiger partial charge in [-0.3, -0.25) is 14.3 Å². The topological polar surface area (TPSA) is 105 Å². The maximum atomic E-state index is 12.9. The largest absolute Gasteiger partial charge is 0.478 e. The number of fused-ring (bicyclic) bond motifs is 1. The zero-order valence-electron chi connectivity index (χ0n) is 19.1. The Balaban J connectivity index is 1.57. The smallest absolute Gasteiger partial charge is 0.335 e. The first-order chi connectivity index (χ1) is 16.2. The van der Waals surface area contributed by atoms with Crippen LogP contribution in [0.4, 0.5) is 0 Å². The summed E-state index contributed by atoms with van der Waals surface area (Å²) >= 11 is 0. The van der Waals surface area contributed by atoms with Crippen molar-refractivity contribution in [3.05, 3.63) is 89.1 Å². The molecule has 3 aromatic carbocycles. The number of amides is 2. The molecule has 2 amide bonds. The van der Waals surface area contributed by atoms with E-state index >= 15 is 0 Å². The van der Waals surface area contributed by atoms with Crippen molar-refractivity contribution in [3.8, 4) is 11.1 Å². The first-order valence-electron chi connectivity index (χ1n) is 10.6. The fourth-order valence-electron chi connectivity index (χ4n) is 3.71. The van der Waals surface area contributed by atoms with Gasteiger partial charge in [0.2, 0.25) is 0 Å². The number of aromatic carboxylic acids is 1. The van der Waals surface area contributed by atoms with E-state index in [-0.39, 0.29) is 23.9 Å². The molecule has 0 saturated heterocycles. The summed E-state index contributed by atoms with van der Waals surface area (Å²) < 4.78 is 1.66. The van der Waals surface area contributed by atoms with Crippen LogP contribution in [0.2, 0.25) is 0 Å². The predicted octanol–water partition coefficient (Wildman–Crippen LogP) is 3.57. The Bertz CT molecular complexity index is 1390. The molecule has 0 aliphatic rings. The summed E-state index contributed by atoms with van der Waals surface area (Å²) in [5.74, 6) is -1.38. The summed E-state index contributed by atoms with van der Waals surface area (Å²) in [4.78, 5) is 37.6. The predicted molar refractivity (Wildman–Crippen MR) is 129 cm³/mol. The maximum Gasteiger partial charge on any atom is 0.335 e. The summed E-state index contributed by atoms with van der Waals surface area (Å²) in [7, 11) is 5.21. The number of aromatic nitrogens is 2. The van der Waals surface area contributed by atoms with Crippen LogP contribution in [0, 0.1) is 0 Å². The molecule has 1 aromatic heterocycles. The number of nitrogens with one attached hydrogen (secondary N) is 1. The fourth-order valence-corrected chi connectivity index (χ4v) is 3.71. The zero-order chi connectivity index (χ0) is 24.4. The van der Waals surface area contributed by atoms with E-state index in [1.54, 1.807) is 50.1 Å². The molecule has 0 aliphatic carbocycles. The van der Waals surface area contributed by atoms with Gasteiger partial charge < -0.3 is 15.3 Å².